The van der Waals surface area contributed by atoms with Gasteiger partial charge in [0.25, 0.3) is 5.91 Å². The van der Waals surface area contributed by atoms with E-state index in [4.69, 9.17) is 16.7 Å². The molecule has 0 bridgehead atoms. The Bertz CT molecular complexity index is 923. The number of nitrogens with one attached hydrogen (secondary N) is 1. The van der Waals surface area contributed by atoms with Gasteiger partial charge in [-0.2, -0.15) is 5.10 Å². The Hall–Kier alpha value is -2.70. The fourth-order valence-electron chi connectivity index (χ4n) is 2.36. The van der Waals surface area contributed by atoms with Crippen LogP contribution in [0.15, 0.2) is 48.7 Å². The van der Waals surface area contributed by atoms with E-state index in [1.807, 2.05) is 0 Å². The molecule has 0 aliphatic heterocycles. The molecule has 0 radical (unpaired) electrons. The Labute approximate surface area is 148 Å². The molecule has 1 aromatic heterocycles. The zero-order chi connectivity index (χ0) is 18.0. The molecule has 1 amide bonds. The van der Waals surface area contributed by atoms with Crippen LogP contribution in [0.3, 0.4) is 0 Å². The van der Waals surface area contributed by atoms with E-state index in [9.17, 15) is 9.18 Å². The lowest BCUT2D eigenvalue weighted by Gasteiger charge is -2.07. The van der Waals surface area contributed by atoms with Gasteiger partial charge in [-0.05, 0) is 48.9 Å². The summed E-state index contributed by atoms with van der Waals surface area (Å²) >= 11 is 6.03. The minimum atomic E-state index is -0.339. The van der Waals surface area contributed by atoms with Crippen LogP contribution in [0.4, 0.5) is 10.1 Å². The van der Waals surface area contributed by atoms with E-state index in [0.717, 1.165) is 0 Å². The number of carbonyl (C=O) groups is 1. The Morgan fingerprint density at radius 1 is 1.28 bits per heavy atom. The summed E-state index contributed by atoms with van der Waals surface area (Å²) in [6.45, 7) is 1.55. The number of halogens is 2. The molecule has 2 aromatic carbocycles. The van der Waals surface area contributed by atoms with Crippen LogP contribution in [0.25, 0.3) is 5.69 Å². The van der Waals surface area contributed by atoms with Crippen LogP contribution in [0.1, 0.15) is 21.6 Å². The predicted molar refractivity (Wildman–Crippen MR) is 93.6 cm³/mol. The molecule has 0 saturated carbocycles. The quantitative estimate of drug-likeness (QED) is 0.746. The summed E-state index contributed by atoms with van der Waals surface area (Å²) in [5.74, 6) is -0.674. The molecule has 1 heterocycles. The van der Waals surface area contributed by atoms with Crippen molar-refractivity contribution in [3.05, 3.63) is 76.3 Å². The molecule has 0 saturated heterocycles. The highest BCUT2D eigenvalue weighted by molar-refractivity contribution is 6.31. The lowest BCUT2D eigenvalue weighted by Crippen LogP contribution is -2.12. The topological polar surface area (TPSA) is 67.2 Å². The van der Waals surface area contributed by atoms with Crippen LogP contribution in [-0.4, -0.2) is 20.8 Å². The van der Waals surface area contributed by atoms with Gasteiger partial charge in [0.1, 0.15) is 5.82 Å². The highest BCUT2D eigenvalue weighted by atomic mass is 35.5. The van der Waals surface area contributed by atoms with E-state index in [1.54, 1.807) is 43.5 Å². The molecule has 5 nitrogen and oxygen atoms in total. The Morgan fingerprint density at radius 2 is 2.00 bits per heavy atom. The highest BCUT2D eigenvalue weighted by Crippen LogP contribution is 2.22. The normalized spacial score (nSPS) is 10.7. The first-order valence-electron chi connectivity index (χ1n) is 7.51. The molecular formula is C18H15ClFN3O2. The van der Waals surface area contributed by atoms with Gasteiger partial charge in [0.2, 0.25) is 0 Å². The monoisotopic (exact) mass is 359 g/mol. The average molecular weight is 360 g/mol. The van der Waals surface area contributed by atoms with Gasteiger partial charge < -0.3 is 10.4 Å². The minimum Gasteiger partial charge on any atom is -0.392 e. The van der Waals surface area contributed by atoms with Crippen molar-refractivity contribution in [1.82, 2.24) is 9.78 Å². The number of aryl methyl sites for hydroxylation is 1. The fraction of sp³-hybridized carbons (Fsp3) is 0.111. The third-order valence-corrected chi connectivity index (χ3v) is 4.07. The summed E-state index contributed by atoms with van der Waals surface area (Å²) in [6, 6.07) is 10.7. The Balaban J connectivity index is 1.83. The second kappa shape index (κ2) is 7.04. The SMILES string of the molecule is Cc1nn(-c2ccc(F)cc2)cc1C(=O)Nc1ccc(CO)c(Cl)c1. The summed E-state index contributed by atoms with van der Waals surface area (Å²) in [7, 11) is 0. The number of rotatable bonds is 4. The fourth-order valence-corrected chi connectivity index (χ4v) is 2.60. The third kappa shape index (κ3) is 3.70. The van der Waals surface area contributed by atoms with Crippen molar-refractivity contribution < 1.29 is 14.3 Å². The molecule has 7 heteroatoms. The van der Waals surface area contributed by atoms with Gasteiger partial charge in [0, 0.05) is 16.9 Å². The van der Waals surface area contributed by atoms with Gasteiger partial charge in [-0.25, -0.2) is 9.07 Å². The molecule has 0 fully saturated rings. The molecule has 0 aliphatic rings. The molecule has 3 aromatic rings. The van der Waals surface area contributed by atoms with Gasteiger partial charge in [-0.1, -0.05) is 17.7 Å². The van der Waals surface area contributed by atoms with Gasteiger partial charge >= 0.3 is 0 Å². The summed E-state index contributed by atoms with van der Waals surface area (Å²) < 4.78 is 14.5. The van der Waals surface area contributed by atoms with Crippen LogP contribution in [-0.2, 0) is 6.61 Å². The van der Waals surface area contributed by atoms with Crippen molar-refractivity contribution in [1.29, 1.82) is 0 Å². The molecule has 0 unspecified atom stereocenters. The number of aliphatic hydroxyl groups is 1. The van der Waals surface area contributed by atoms with E-state index in [0.29, 0.717) is 33.2 Å². The van der Waals surface area contributed by atoms with Gasteiger partial charge in [-0.15, -0.1) is 0 Å². The average Bonchev–Trinajstić information content (AvgIpc) is 2.97. The van der Waals surface area contributed by atoms with Gasteiger partial charge in [0.05, 0.1) is 23.6 Å². The van der Waals surface area contributed by atoms with E-state index in [1.165, 1.54) is 16.8 Å². The summed E-state index contributed by atoms with van der Waals surface area (Å²) in [5.41, 5.74) is 2.69. The zero-order valence-electron chi connectivity index (χ0n) is 13.3. The van der Waals surface area contributed by atoms with Crippen LogP contribution in [0, 0.1) is 12.7 Å². The lowest BCUT2D eigenvalue weighted by molar-refractivity contribution is 0.102. The highest BCUT2D eigenvalue weighted by Gasteiger charge is 2.15. The van der Waals surface area contributed by atoms with Gasteiger partial charge in [-0.3, -0.25) is 4.79 Å². The first kappa shape index (κ1) is 17.1. The first-order chi connectivity index (χ1) is 12.0. The third-order valence-electron chi connectivity index (χ3n) is 3.72. The van der Waals surface area contributed by atoms with E-state index in [2.05, 4.69) is 10.4 Å². The number of nitrogens with zero attached hydrogens (tertiary/aromatic N) is 2. The summed E-state index contributed by atoms with van der Waals surface area (Å²) in [4.78, 5) is 12.5. The largest absolute Gasteiger partial charge is 0.392 e. The molecule has 2 N–H and O–H groups in total. The van der Waals surface area contributed by atoms with Gasteiger partial charge in [0.15, 0.2) is 0 Å². The molecule has 128 valence electrons. The van der Waals surface area contributed by atoms with Crippen molar-refractivity contribution in [3.63, 3.8) is 0 Å². The Kier molecular flexibility index (Phi) is 4.83. The van der Waals surface area contributed by atoms with Crippen LogP contribution < -0.4 is 5.32 Å². The molecule has 0 aliphatic carbocycles. The summed E-state index contributed by atoms with van der Waals surface area (Å²) in [5, 5.41) is 16.5. The molecule has 25 heavy (non-hydrogen) atoms. The van der Waals surface area contributed by atoms with E-state index in [-0.39, 0.29) is 18.3 Å². The first-order valence-corrected chi connectivity index (χ1v) is 7.88. The number of anilines is 1. The van der Waals surface area contributed by atoms with Crippen molar-refractivity contribution >= 4 is 23.2 Å². The van der Waals surface area contributed by atoms with E-state index >= 15 is 0 Å². The van der Waals surface area contributed by atoms with E-state index < -0.39 is 0 Å². The van der Waals surface area contributed by atoms with Crippen LogP contribution >= 0.6 is 11.6 Å². The number of carbonyl (C=O) groups excluding carboxylic acids is 1. The standard InChI is InChI=1S/C18H15ClFN3O2/c1-11-16(9-23(22-11)15-6-3-13(20)4-7-15)18(25)21-14-5-2-12(10-24)17(19)8-14/h2-9,24H,10H2,1H3,(H,21,25). The molecule has 0 spiro atoms. The number of benzene rings is 2. The van der Waals surface area contributed by atoms with Crippen LogP contribution in [0.5, 0.6) is 0 Å². The van der Waals surface area contributed by atoms with Crippen molar-refractivity contribution in [2.45, 2.75) is 13.5 Å². The number of hydrogen-bond acceptors (Lipinski definition) is 3. The number of aromatic nitrogens is 2. The number of amides is 1. The maximum Gasteiger partial charge on any atom is 0.259 e. The number of hydrogen-bond donors (Lipinski definition) is 2. The second-order valence-corrected chi connectivity index (χ2v) is 5.87. The zero-order valence-corrected chi connectivity index (χ0v) is 14.1. The lowest BCUT2D eigenvalue weighted by atomic mass is 10.2. The number of aliphatic hydroxyl groups excluding tert-OH is 1. The van der Waals surface area contributed by atoms with Crippen molar-refractivity contribution in [2.24, 2.45) is 0 Å². The molecular weight excluding hydrogens is 345 g/mol. The second-order valence-electron chi connectivity index (χ2n) is 5.47. The van der Waals surface area contributed by atoms with Crippen LogP contribution in [0.2, 0.25) is 5.02 Å². The van der Waals surface area contributed by atoms with Crippen molar-refractivity contribution in [3.8, 4) is 5.69 Å². The maximum absolute atomic E-state index is 13.0. The molecule has 3 rings (SSSR count). The maximum atomic E-state index is 13.0. The Morgan fingerprint density at radius 3 is 2.64 bits per heavy atom. The van der Waals surface area contributed by atoms with Crippen molar-refractivity contribution in [2.75, 3.05) is 5.32 Å². The smallest absolute Gasteiger partial charge is 0.259 e. The molecule has 0 atom stereocenters. The summed E-state index contributed by atoms with van der Waals surface area (Å²) in [6.07, 6.45) is 1.58. The predicted octanol–water partition coefficient (Wildman–Crippen LogP) is 3.72. The minimum absolute atomic E-state index is 0.170.